The van der Waals surface area contributed by atoms with Crippen molar-refractivity contribution in [3.63, 3.8) is 0 Å². The molecule has 3 N–H and O–H groups in total. The molecule has 0 saturated carbocycles. The Morgan fingerprint density at radius 3 is 2.21 bits per heavy atom. The number of rotatable bonds is 11. The predicted molar refractivity (Wildman–Crippen MR) is 128 cm³/mol. The number of nitrogens with one attached hydrogen (secondary N) is 2. The lowest BCUT2D eigenvalue weighted by Crippen LogP contribution is -2.32. The summed E-state index contributed by atoms with van der Waals surface area (Å²) >= 11 is 1.22. The fourth-order valence-corrected chi connectivity index (χ4v) is 3.95. The SMILES string of the molecule is CCn1c(SCC(=O)Nc2ccc(OC)cc2)nnc1[C@@H](CO)NC(=O)c1ccc(OC)cc1. The van der Waals surface area contributed by atoms with Gasteiger partial charge in [-0.2, -0.15) is 0 Å². The highest BCUT2D eigenvalue weighted by Crippen LogP contribution is 2.22. The topological polar surface area (TPSA) is 128 Å². The molecule has 34 heavy (non-hydrogen) atoms. The second-order valence-electron chi connectivity index (χ2n) is 7.09. The molecule has 2 amide bonds. The van der Waals surface area contributed by atoms with Crippen LogP contribution in [0.5, 0.6) is 11.5 Å². The number of aliphatic hydroxyl groups is 1. The number of aromatic nitrogens is 3. The molecular weight excluding hydrogens is 458 g/mol. The van der Waals surface area contributed by atoms with Crippen LogP contribution >= 0.6 is 11.8 Å². The number of anilines is 1. The molecule has 1 atom stereocenters. The van der Waals surface area contributed by atoms with Crippen molar-refractivity contribution in [2.45, 2.75) is 24.7 Å². The van der Waals surface area contributed by atoms with E-state index in [-0.39, 0.29) is 24.2 Å². The van der Waals surface area contributed by atoms with Gasteiger partial charge in [0.15, 0.2) is 11.0 Å². The van der Waals surface area contributed by atoms with E-state index < -0.39 is 6.04 Å². The molecule has 0 saturated heterocycles. The Morgan fingerprint density at radius 2 is 1.65 bits per heavy atom. The van der Waals surface area contributed by atoms with Crippen LogP contribution < -0.4 is 20.1 Å². The van der Waals surface area contributed by atoms with Gasteiger partial charge < -0.3 is 29.8 Å². The summed E-state index contributed by atoms with van der Waals surface area (Å²) in [6.07, 6.45) is 0. The highest BCUT2D eigenvalue weighted by atomic mass is 32.2. The molecule has 0 spiro atoms. The van der Waals surface area contributed by atoms with Crippen LogP contribution in [0.2, 0.25) is 0 Å². The molecule has 3 rings (SSSR count). The first-order chi connectivity index (χ1) is 16.5. The maximum atomic E-state index is 12.6. The minimum atomic E-state index is -0.760. The lowest BCUT2D eigenvalue weighted by atomic mass is 10.2. The molecule has 0 aliphatic carbocycles. The Balaban J connectivity index is 1.63. The second kappa shape index (κ2) is 12.1. The van der Waals surface area contributed by atoms with E-state index in [1.54, 1.807) is 67.3 Å². The molecule has 0 radical (unpaired) electrons. The highest BCUT2D eigenvalue weighted by Gasteiger charge is 2.23. The summed E-state index contributed by atoms with van der Waals surface area (Å²) in [6.45, 7) is 2.04. The van der Waals surface area contributed by atoms with Crippen LogP contribution in [0.25, 0.3) is 0 Å². The minimum absolute atomic E-state index is 0.117. The first-order valence-corrected chi connectivity index (χ1v) is 11.5. The van der Waals surface area contributed by atoms with Gasteiger partial charge in [-0.15, -0.1) is 10.2 Å². The van der Waals surface area contributed by atoms with E-state index in [1.165, 1.54) is 11.8 Å². The molecule has 0 unspecified atom stereocenters. The van der Waals surface area contributed by atoms with E-state index in [0.29, 0.717) is 40.3 Å². The molecule has 2 aromatic carbocycles. The van der Waals surface area contributed by atoms with Gasteiger partial charge in [0.05, 0.1) is 26.6 Å². The van der Waals surface area contributed by atoms with Gasteiger partial charge >= 0.3 is 0 Å². The second-order valence-corrected chi connectivity index (χ2v) is 8.03. The minimum Gasteiger partial charge on any atom is -0.497 e. The van der Waals surface area contributed by atoms with Crippen molar-refractivity contribution in [2.24, 2.45) is 0 Å². The van der Waals surface area contributed by atoms with Crippen LogP contribution in [0.3, 0.4) is 0 Å². The molecular formula is C23H27N5O5S. The van der Waals surface area contributed by atoms with Crippen molar-refractivity contribution in [3.05, 3.63) is 59.9 Å². The normalized spacial score (nSPS) is 11.5. The summed E-state index contributed by atoms with van der Waals surface area (Å²) in [5.41, 5.74) is 1.08. The van der Waals surface area contributed by atoms with Crippen molar-refractivity contribution in [1.29, 1.82) is 0 Å². The maximum absolute atomic E-state index is 12.6. The first-order valence-electron chi connectivity index (χ1n) is 10.5. The summed E-state index contributed by atoms with van der Waals surface area (Å²) in [4.78, 5) is 25.0. The number of hydrogen-bond donors (Lipinski definition) is 3. The maximum Gasteiger partial charge on any atom is 0.251 e. The molecule has 10 nitrogen and oxygen atoms in total. The average molecular weight is 486 g/mol. The largest absolute Gasteiger partial charge is 0.497 e. The summed E-state index contributed by atoms with van der Waals surface area (Å²) in [5.74, 6) is 1.30. The number of amides is 2. The van der Waals surface area contributed by atoms with E-state index in [4.69, 9.17) is 9.47 Å². The zero-order valence-electron chi connectivity index (χ0n) is 19.1. The van der Waals surface area contributed by atoms with Gasteiger partial charge in [-0.25, -0.2) is 0 Å². The van der Waals surface area contributed by atoms with Crippen LogP contribution in [0, 0.1) is 0 Å². The molecule has 11 heteroatoms. The Hall–Kier alpha value is -3.57. The Morgan fingerprint density at radius 1 is 1.03 bits per heavy atom. The van der Waals surface area contributed by atoms with Crippen LogP contribution in [0.15, 0.2) is 53.7 Å². The zero-order valence-corrected chi connectivity index (χ0v) is 20.0. The van der Waals surface area contributed by atoms with Crippen molar-refractivity contribution in [1.82, 2.24) is 20.1 Å². The summed E-state index contributed by atoms with van der Waals surface area (Å²) in [6, 6.07) is 12.9. The van der Waals surface area contributed by atoms with Crippen molar-refractivity contribution in [2.75, 3.05) is 31.9 Å². The van der Waals surface area contributed by atoms with Crippen molar-refractivity contribution >= 4 is 29.3 Å². The molecule has 0 aliphatic heterocycles. The Kier molecular flexibility index (Phi) is 8.88. The highest BCUT2D eigenvalue weighted by molar-refractivity contribution is 7.99. The number of carbonyl (C=O) groups is 2. The van der Waals surface area contributed by atoms with Gasteiger partial charge in [-0.05, 0) is 55.5 Å². The van der Waals surface area contributed by atoms with Crippen LogP contribution in [0.4, 0.5) is 5.69 Å². The molecule has 180 valence electrons. The lowest BCUT2D eigenvalue weighted by molar-refractivity contribution is -0.113. The number of methoxy groups -OCH3 is 2. The van der Waals surface area contributed by atoms with Crippen molar-refractivity contribution in [3.8, 4) is 11.5 Å². The first kappa shape index (κ1) is 25.1. The average Bonchev–Trinajstić information content (AvgIpc) is 3.29. The number of thioether (sulfide) groups is 1. The summed E-state index contributed by atoms with van der Waals surface area (Å²) in [7, 11) is 3.13. The quantitative estimate of drug-likeness (QED) is 0.354. The van der Waals surface area contributed by atoms with Crippen LogP contribution in [0.1, 0.15) is 29.1 Å². The number of nitrogens with zero attached hydrogens (tertiary/aromatic N) is 3. The molecule has 1 heterocycles. The Labute approximate surface area is 201 Å². The number of aliphatic hydroxyl groups excluding tert-OH is 1. The van der Waals surface area contributed by atoms with Gasteiger partial charge in [0.1, 0.15) is 17.5 Å². The fraction of sp³-hybridized carbons (Fsp3) is 0.304. The van der Waals surface area contributed by atoms with Crippen LogP contribution in [-0.2, 0) is 11.3 Å². The van der Waals surface area contributed by atoms with E-state index in [2.05, 4.69) is 20.8 Å². The van der Waals surface area contributed by atoms with E-state index in [1.807, 2.05) is 6.92 Å². The predicted octanol–water partition coefficient (Wildman–Crippen LogP) is 2.51. The molecule has 0 bridgehead atoms. The van der Waals surface area contributed by atoms with E-state index in [0.717, 1.165) is 0 Å². The number of benzene rings is 2. The monoisotopic (exact) mass is 485 g/mol. The van der Waals surface area contributed by atoms with E-state index in [9.17, 15) is 14.7 Å². The summed E-state index contributed by atoms with van der Waals surface area (Å²) < 4.78 is 12.0. The summed E-state index contributed by atoms with van der Waals surface area (Å²) in [5, 5.41) is 24.3. The fourth-order valence-electron chi connectivity index (χ4n) is 3.14. The number of carbonyl (C=O) groups excluding carboxylic acids is 2. The third kappa shape index (κ3) is 6.27. The molecule has 0 aliphatic rings. The van der Waals surface area contributed by atoms with E-state index >= 15 is 0 Å². The molecule has 0 fully saturated rings. The van der Waals surface area contributed by atoms with Gasteiger partial charge in [0, 0.05) is 17.8 Å². The molecule has 3 aromatic rings. The zero-order chi connectivity index (χ0) is 24.5. The third-order valence-corrected chi connectivity index (χ3v) is 5.89. The van der Waals surface area contributed by atoms with Gasteiger partial charge in [-0.1, -0.05) is 11.8 Å². The number of ether oxygens (including phenoxy) is 2. The van der Waals surface area contributed by atoms with Crippen molar-refractivity contribution < 1.29 is 24.2 Å². The van der Waals surface area contributed by atoms with Crippen LogP contribution in [-0.4, -0.2) is 58.3 Å². The smallest absolute Gasteiger partial charge is 0.251 e. The van der Waals surface area contributed by atoms with Gasteiger partial charge in [0.2, 0.25) is 5.91 Å². The third-order valence-electron chi connectivity index (χ3n) is 4.92. The molecule has 1 aromatic heterocycles. The standard InChI is InChI=1S/C23H27N5O5S/c1-4-28-21(19(13-29)25-22(31)15-5-9-17(32-2)10-6-15)26-27-23(28)34-14-20(30)24-16-7-11-18(33-3)12-8-16/h5-12,19,29H,4,13-14H2,1-3H3,(H,24,30)(H,25,31)/t19-/m1/s1. The lowest BCUT2D eigenvalue weighted by Gasteiger charge is -2.17. The number of hydrogen-bond acceptors (Lipinski definition) is 8. The van der Waals surface area contributed by atoms with Gasteiger partial charge in [0.25, 0.3) is 5.91 Å². The Bertz CT molecular complexity index is 1100. The van der Waals surface area contributed by atoms with Gasteiger partial charge in [-0.3, -0.25) is 9.59 Å².